The molecule has 0 spiro atoms. The van der Waals surface area contributed by atoms with E-state index in [0.29, 0.717) is 0 Å². The number of aliphatic carboxylic acids is 1. The molecule has 0 aliphatic carbocycles. The van der Waals surface area contributed by atoms with Crippen LogP contribution in [0.15, 0.2) is 0 Å². The van der Waals surface area contributed by atoms with Crippen molar-refractivity contribution in [3.05, 3.63) is 0 Å². The summed E-state index contributed by atoms with van der Waals surface area (Å²) in [5.74, 6) is -1.28. The van der Waals surface area contributed by atoms with Gasteiger partial charge in [-0.3, -0.25) is 0 Å². The third kappa shape index (κ3) is 4.51. The van der Waals surface area contributed by atoms with Gasteiger partial charge in [0, 0.05) is 20.0 Å². The van der Waals surface area contributed by atoms with Crippen molar-refractivity contribution in [1.29, 1.82) is 0 Å². The number of carbonyl (C=O) groups excluding carboxylic acids is 1. The fourth-order valence-corrected chi connectivity index (χ4v) is 0.534. The Hall–Kier alpha value is -1.30. The Morgan fingerprint density at radius 1 is 1.50 bits per heavy atom. The summed E-state index contributed by atoms with van der Waals surface area (Å²) in [7, 11) is 1.45. The van der Waals surface area contributed by atoms with E-state index >= 15 is 0 Å². The summed E-state index contributed by atoms with van der Waals surface area (Å²) in [5.41, 5.74) is 0. The number of hydrogen-bond acceptors (Lipinski definition) is 3. The molecule has 0 aromatic heterocycles. The van der Waals surface area contributed by atoms with Gasteiger partial charge in [-0.15, -0.1) is 0 Å². The first-order valence-electron chi connectivity index (χ1n) is 3.44. The number of carboxylic acid groups (broad SMARTS) is 1. The molecule has 0 saturated heterocycles. The quantitative estimate of drug-likeness (QED) is 0.430. The summed E-state index contributed by atoms with van der Waals surface area (Å²) in [5, 5.41) is 21.6. The number of amides is 2. The second-order valence-electron chi connectivity index (χ2n) is 2.15. The van der Waals surface area contributed by atoms with Crippen molar-refractivity contribution in [2.24, 2.45) is 0 Å². The van der Waals surface area contributed by atoms with E-state index in [9.17, 15) is 9.59 Å². The second kappa shape index (κ2) is 5.36. The standard InChI is InChI=1S/C6H12N2O4/c1-7-6(12)8-3-2-4(9)5(10)11/h4,9H,2-3H2,1H3,(H,10,11)(H2,7,8,12). The minimum atomic E-state index is -1.41. The molecule has 12 heavy (non-hydrogen) atoms. The highest BCUT2D eigenvalue weighted by molar-refractivity contribution is 5.74. The van der Waals surface area contributed by atoms with Crippen LogP contribution < -0.4 is 10.6 Å². The third-order valence-corrected chi connectivity index (χ3v) is 1.22. The minimum absolute atomic E-state index is 0.00273. The maximum absolute atomic E-state index is 10.5. The normalized spacial score (nSPS) is 11.8. The summed E-state index contributed by atoms with van der Waals surface area (Å²) < 4.78 is 0. The van der Waals surface area contributed by atoms with E-state index in [4.69, 9.17) is 10.2 Å². The van der Waals surface area contributed by atoms with Crippen molar-refractivity contribution in [3.8, 4) is 0 Å². The Bertz CT molecular complexity index is 171. The van der Waals surface area contributed by atoms with Crippen molar-refractivity contribution in [2.45, 2.75) is 12.5 Å². The van der Waals surface area contributed by atoms with E-state index in [2.05, 4.69) is 10.6 Å². The van der Waals surface area contributed by atoms with Crippen LogP contribution in [0.1, 0.15) is 6.42 Å². The van der Waals surface area contributed by atoms with Gasteiger partial charge in [-0.1, -0.05) is 0 Å². The monoisotopic (exact) mass is 176 g/mol. The van der Waals surface area contributed by atoms with Gasteiger partial charge in [0.05, 0.1) is 0 Å². The van der Waals surface area contributed by atoms with Crippen LogP contribution in [0.25, 0.3) is 0 Å². The molecule has 0 heterocycles. The lowest BCUT2D eigenvalue weighted by atomic mass is 10.2. The Morgan fingerprint density at radius 2 is 2.08 bits per heavy atom. The van der Waals surface area contributed by atoms with E-state index in [1.807, 2.05) is 0 Å². The highest BCUT2D eigenvalue weighted by Crippen LogP contribution is 1.88. The number of rotatable bonds is 4. The van der Waals surface area contributed by atoms with Crippen molar-refractivity contribution in [1.82, 2.24) is 10.6 Å². The lowest BCUT2D eigenvalue weighted by Gasteiger charge is -2.06. The molecule has 0 aromatic carbocycles. The summed E-state index contributed by atoms with van der Waals surface area (Å²) in [6.07, 6.45) is -1.41. The maximum atomic E-state index is 10.5. The van der Waals surface area contributed by atoms with Crippen LogP contribution in [-0.4, -0.2) is 41.9 Å². The van der Waals surface area contributed by atoms with Gasteiger partial charge >= 0.3 is 12.0 Å². The molecule has 2 amide bonds. The van der Waals surface area contributed by atoms with Crippen LogP contribution in [0.2, 0.25) is 0 Å². The first kappa shape index (κ1) is 10.7. The van der Waals surface area contributed by atoms with Crippen molar-refractivity contribution in [2.75, 3.05) is 13.6 Å². The number of nitrogens with one attached hydrogen (secondary N) is 2. The highest BCUT2D eigenvalue weighted by atomic mass is 16.4. The maximum Gasteiger partial charge on any atom is 0.332 e. The SMILES string of the molecule is CNC(=O)NCCC(O)C(=O)O. The summed E-state index contributed by atoms with van der Waals surface area (Å²) >= 11 is 0. The van der Waals surface area contributed by atoms with Crippen molar-refractivity contribution in [3.63, 3.8) is 0 Å². The third-order valence-electron chi connectivity index (χ3n) is 1.22. The summed E-state index contributed by atoms with van der Waals surface area (Å²) in [6.45, 7) is 0.132. The van der Waals surface area contributed by atoms with Gasteiger partial charge in [-0.25, -0.2) is 9.59 Å². The topological polar surface area (TPSA) is 98.7 Å². The lowest BCUT2D eigenvalue weighted by Crippen LogP contribution is -2.35. The predicted octanol–water partition coefficient (Wildman–Crippen LogP) is -1.25. The van der Waals surface area contributed by atoms with Gasteiger partial charge in [0.25, 0.3) is 0 Å². The number of urea groups is 1. The molecule has 0 aliphatic heterocycles. The van der Waals surface area contributed by atoms with Gasteiger partial charge in [-0.05, 0) is 0 Å². The van der Waals surface area contributed by atoms with Crippen molar-refractivity contribution < 1.29 is 19.8 Å². The van der Waals surface area contributed by atoms with Crippen LogP contribution >= 0.6 is 0 Å². The van der Waals surface area contributed by atoms with E-state index in [1.54, 1.807) is 0 Å². The minimum Gasteiger partial charge on any atom is -0.479 e. The molecule has 0 rings (SSSR count). The van der Waals surface area contributed by atoms with Gasteiger partial charge in [0.2, 0.25) is 0 Å². The molecule has 0 aliphatic rings. The zero-order valence-electron chi connectivity index (χ0n) is 6.70. The summed E-state index contributed by atoms with van der Waals surface area (Å²) in [4.78, 5) is 20.6. The van der Waals surface area contributed by atoms with E-state index < -0.39 is 18.1 Å². The van der Waals surface area contributed by atoms with Crippen LogP contribution in [-0.2, 0) is 4.79 Å². The molecule has 70 valence electrons. The number of hydrogen-bond donors (Lipinski definition) is 4. The molecule has 1 atom stereocenters. The summed E-state index contributed by atoms with van der Waals surface area (Å²) in [6, 6.07) is -0.396. The van der Waals surface area contributed by atoms with Gasteiger partial charge in [-0.2, -0.15) is 0 Å². The lowest BCUT2D eigenvalue weighted by molar-refractivity contribution is -0.146. The molecule has 0 saturated carbocycles. The van der Waals surface area contributed by atoms with Crippen LogP contribution in [0.4, 0.5) is 4.79 Å². The second-order valence-corrected chi connectivity index (χ2v) is 2.15. The number of aliphatic hydroxyl groups excluding tert-OH is 1. The van der Waals surface area contributed by atoms with Gasteiger partial charge < -0.3 is 20.8 Å². The van der Waals surface area contributed by atoms with Crippen molar-refractivity contribution >= 4 is 12.0 Å². The molecule has 1 unspecified atom stereocenters. The number of carboxylic acids is 1. The Labute approximate surface area is 69.6 Å². The molecule has 0 bridgehead atoms. The smallest absolute Gasteiger partial charge is 0.332 e. The van der Waals surface area contributed by atoms with Gasteiger partial charge in [0.1, 0.15) is 0 Å². The molecule has 0 aromatic rings. The number of aliphatic hydroxyl groups is 1. The Balaban J connectivity index is 3.43. The van der Waals surface area contributed by atoms with Crippen LogP contribution in [0, 0.1) is 0 Å². The molecule has 4 N–H and O–H groups in total. The van der Waals surface area contributed by atoms with E-state index in [-0.39, 0.29) is 13.0 Å². The number of carbonyl (C=O) groups is 2. The zero-order valence-corrected chi connectivity index (χ0v) is 6.70. The van der Waals surface area contributed by atoms with Gasteiger partial charge in [0.15, 0.2) is 6.10 Å². The zero-order chi connectivity index (χ0) is 9.56. The highest BCUT2D eigenvalue weighted by Gasteiger charge is 2.12. The van der Waals surface area contributed by atoms with Crippen LogP contribution in [0.3, 0.4) is 0 Å². The first-order chi connectivity index (χ1) is 5.57. The fraction of sp³-hybridized carbons (Fsp3) is 0.667. The molecular formula is C6H12N2O4. The Morgan fingerprint density at radius 3 is 2.50 bits per heavy atom. The molecule has 6 nitrogen and oxygen atoms in total. The average molecular weight is 176 g/mol. The molecule has 0 radical (unpaired) electrons. The molecule has 6 heteroatoms. The average Bonchev–Trinajstić information content (AvgIpc) is 2.03. The predicted molar refractivity (Wildman–Crippen MR) is 40.7 cm³/mol. The first-order valence-corrected chi connectivity index (χ1v) is 3.44. The van der Waals surface area contributed by atoms with E-state index in [0.717, 1.165) is 0 Å². The van der Waals surface area contributed by atoms with Crippen LogP contribution in [0.5, 0.6) is 0 Å². The molecule has 0 fully saturated rings. The largest absolute Gasteiger partial charge is 0.479 e. The fourth-order valence-electron chi connectivity index (χ4n) is 0.534. The molecular weight excluding hydrogens is 164 g/mol. The van der Waals surface area contributed by atoms with E-state index in [1.165, 1.54) is 7.05 Å². The Kier molecular flexibility index (Phi) is 4.78.